The summed E-state index contributed by atoms with van der Waals surface area (Å²) in [5, 5.41) is 9.21. The van der Waals surface area contributed by atoms with Crippen molar-refractivity contribution in [1.29, 1.82) is 0 Å². The molecule has 0 saturated heterocycles. The first-order chi connectivity index (χ1) is 14.7. The van der Waals surface area contributed by atoms with E-state index in [4.69, 9.17) is 4.74 Å². The molecular weight excluding hydrogens is 398 g/mol. The molecule has 2 N–H and O–H groups in total. The van der Waals surface area contributed by atoms with E-state index < -0.39 is 0 Å². The number of thiophene rings is 1. The van der Waals surface area contributed by atoms with Gasteiger partial charge in [0, 0.05) is 42.4 Å². The van der Waals surface area contributed by atoms with E-state index >= 15 is 0 Å². The third kappa shape index (κ3) is 4.72. The Hall–Kier alpha value is -3.52. The summed E-state index contributed by atoms with van der Waals surface area (Å²) in [6.07, 6.45) is 4.15. The zero-order chi connectivity index (χ0) is 20.8. The summed E-state index contributed by atoms with van der Waals surface area (Å²) in [5.41, 5.74) is 2.66. The molecule has 4 rings (SSSR count). The van der Waals surface area contributed by atoms with Crippen molar-refractivity contribution in [1.82, 2.24) is 15.0 Å². The molecule has 1 amide bonds. The van der Waals surface area contributed by atoms with E-state index in [1.54, 1.807) is 23.9 Å². The maximum absolute atomic E-state index is 11.2. The number of nitrogens with one attached hydrogen (secondary N) is 2. The maximum Gasteiger partial charge on any atom is 0.221 e. The van der Waals surface area contributed by atoms with Crippen LogP contribution in [0.15, 0.2) is 60.4 Å². The molecule has 0 bridgehead atoms. The van der Waals surface area contributed by atoms with Crippen LogP contribution in [0, 0.1) is 0 Å². The molecular formula is C22H21N5O2S. The lowest BCUT2D eigenvalue weighted by Crippen LogP contribution is -2.09. The van der Waals surface area contributed by atoms with Crippen LogP contribution in [0.4, 0.5) is 11.5 Å². The minimum absolute atomic E-state index is 0.106. The van der Waals surface area contributed by atoms with Crippen molar-refractivity contribution in [2.24, 2.45) is 0 Å². The molecule has 0 saturated carbocycles. The normalized spacial score (nSPS) is 10.7. The molecule has 0 spiro atoms. The molecule has 4 aromatic rings. The van der Waals surface area contributed by atoms with Crippen molar-refractivity contribution in [2.45, 2.75) is 13.3 Å². The van der Waals surface area contributed by atoms with Crippen LogP contribution in [0.2, 0.25) is 0 Å². The van der Waals surface area contributed by atoms with Crippen LogP contribution < -0.4 is 15.4 Å². The van der Waals surface area contributed by atoms with Gasteiger partial charge < -0.3 is 15.4 Å². The number of amides is 1. The van der Waals surface area contributed by atoms with Crippen molar-refractivity contribution in [3.05, 3.63) is 60.4 Å². The minimum Gasteiger partial charge on any atom is -0.493 e. The van der Waals surface area contributed by atoms with Gasteiger partial charge in [0.05, 0.1) is 17.7 Å². The van der Waals surface area contributed by atoms with Crippen molar-refractivity contribution >= 4 is 39.0 Å². The highest BCUT2D eigenvalue weighted by molar-refractivity contribution is 7.17. The molecule has 3 heterocycles. The summed E-state index contributed by atoms with van der Waals surface area (Å²) >= 11 is 1.58. The van der Waals surface area contributed by atoms with Crippen molar-refractivity contribution in [3.63, 3.8) is 0 Å². The summed E-state index contributed by atoms with van der Waals surface area (Å²) < 4.78 is 5.80. The second kappa shape index (κ2) is 9.32. The topological polar surface area (TPSA) is 89.0 Å². The molecule has 0 aliphatic rings. The van der Waals surface area contributed by atoms with E-state index in [0.717, 1.165) is 45.1 Å². The predicted octanol–water partition coefficient (Wildman–Crippen LogP) is 4.59. The largest absolute Gasteiger partial charge is 0.493 e. The smallest absolute Gasteiger partial charge is 0.221 e. The SMILES string of the molecule is CC(=O)Nc1cccc(OCCCNc2ncnc3scc(-c4ccccn4)c23)c1. The number of fused-ring (bicyclic) bond motifs is 1. The van der Waals surface area contributed by atoms with Crippen molar-refractivity contribution in [3.8, 4) is 17.0 Å². The summed E-state index contributed by atoms with van der Waals surface area (Å²) in [5.74, 6) is 1.42. The van der Waals surface area contributed by atoms with Crippen LogP contribution in [0.5, 0.6) is 5.75 Å². The number of aromatic nitrogens is 3. The number of hydrogen-bond donors (Lipinski definition) is 2. The van der Waals surface area contributed by atoms with Gasteiger partial charge in [0.25, 0.3) is 0 Å². The Morgan fingerprint density at radius 1 is 1.13 bits per heavy atom. The Balaban J connectivity index is 1.37. The molecule has 7 nitrogen and oxygen atoms in total. The number of hydrogen-bond acceptors (Lipinski definition) is 7. The second-order valence-corrected chi connectivity index (χ2v) is 7.46. The molecule has 0 aliphatic heterocycles. The van der Waals surface area contributed by atoms with Gasteiger partial charge in [0.15, 0.2) is 0 Å². The maximum atomic E-state index is 11.2. The molecule has 8 heteroatoms. The molecule has 1 aromatic carbocycles. The highest BCUT2D eigenvalue weighted by Gasteiger charge is 2.13. The fraction of sp³-hybridized carbons (Fsp3) is 0.182. The predicted molar refractivity (Wildman–Crippen MR) is 120 cm³/mol. The fourth-order valence-corrected chi connectivity index (χ4v) is 3.96. The summed E-state index contributed by atoms with van der Waals surface area (Å²) in [6, 6.07) is 13.2. The average Bonchev–Trinajstić information content (AvgIpc) is 3.19. The Bertz CT molecular complexity index is 1150. The van der Waals surface area contributed by atoms with Crippen LogP contribution in [-0.4, -0.2) is 34.0 Å². The highest BCUT2D eigenvalue weighted by atomic mass is 32.1. The summed E-state index contributed by atoms with van der Waals surface area (Å²) in [4.78, 5) is 25.4. The third-order valence-corrected chi connectivity index (χ3v) is 5.23. The number of carbonyl (C=O) groups excluding carboxylic acids is 1. The van der Waals surface area contributed by atoms with E-state index in [-0.39, 0.29) is 5.91 Å². The monoisotopic (exact) mass is 419 g/mol. The van der Waals surface area contributed by atoms with Gasteiger partial charge in [-0.3, -0.25) is 9.78 Å². The van der Waals surface area contributed by atoms with Gasteiger partial charge in [-0.1, -0.05) is 12.1 Å². The number of anilines is 2. The van der Waals surface area contributed by atoms with E-state index in [0.29, 0.717) is 13.2 Å². The average molecular weight is 420 g/mol. The standard InChI is InChI=1S/C22H21N5O2S/c1-15(28)27-16-6-4-7-17(12-16)29-11-5-10-24-21-20-18(19-8-2-3-9-23-19)13-30-22(20)26-14-25-21/h2-4,6-9,12-14H,5,10-11H2,1H3,(H,27,28)(H,24,25,26). The number of benzene rings is 1. The van der Waals surface area contributed by atoms with Gasteiger partial charge in [0.2, 0.25) is 5.91 Å². The number of carbonyl (C=O) groups is 1. The van der Waals surface area contributed by atoms with Crippen LogP contribution in [0.1, 0.15) is 13.3 Å². The molecule has 30 heavy (non-hydrogen) atoms. The highest BCUT2D eigenvalue weighted by Crippen LogP contribution is 2.35. The van der Waals surface area contributed by atoms with E-state index in [9.17, 15) is 4.79 Å². The van der Waals surface area contributed by atoms with Crippen molar-refractivity contribution in [2.75, 3.05) is 23.8 Å². The molecule has 3 aromatic heterocycles. The van der Waals surface area contributed by atoms with Crippen LogP contribution in [0.3, 0.4) is 0 Å². The molecule has 0 fully saturated rings. The zero-order valence-electron chi connectivity index (χ0n) is 16.5. The lowest BCUT2D eigenvalue weighted by molar-refractivity contribution is -0.114. The van der Waals surface area contributed by atoms with E-state index in [1.807, 2.05) is 42.5 Å². The van der Waals surface area contributed by atoms with Crippen LogP contribution in [-0.2, 0) is 4.79 Å². The Kier molecular flexibility index (Phi) is 6.14. The quantitative estimate of drug-likeness (QED) is 0.406. The number of ether oxygens (including phenoxy) is 1. The Morgan fingerprint density at radius 3 is 2.90 bits per heavy atom. The van der Waals surface area contributed by atoms with Crippen molar-refractivity contribution < 1.29 is 9.53 Å². The molecule has 0 radical (unpaired) electrons. The lowest BCUT2D eigenvalue weighted by atomic mass is 10.1. The zero-order valence-corrected chi connectivity index (χ0v) is 17.3. The number of pyridine rings is 1. The Labute approximate surface area is 178 Å². The van der Waals surface area contributed by atoms with E-state index in [2.05, 4.69) is 31.0 Å². The number of rotatable bonds is 8. The van der Waals surface area contributed by atoms with Gasteiger partial charge in [-0.25, -0.2) is 9.97 Å². The molecule has 152 valence electrons. The van der Waals surface area contributed by atoms with Crippen LogP contribution in [0.25, 0.3) is 21.5 Å². The van der Waals surface area contributed by atoms with Gasteiger partial charge in [-0.15, -0.1) is 11.3 Å². The number of nitrogens with zero attached hydrogens (tertiary/aromatic N) is 3. The summed E-state index contributed by atoms with van der Waals surface area (Å²) in [7, 11) is 0. The molecule has 0 atom stereocenters. The fourth-order valence-electron chi connectivity index (χ4n) is 3.06. The van der Waals surface area contributed by atoms with Gasteiger partial charge in [0.1, 0.15) is 22.7 Å². The first-order valence-electron chi connectivity index (χ1n) is 9.58. The Morgan fingerprint density at radius 2 is 2.07 bits per heavy atom. The third-order valence-electron chi connectivity index (χ3n) is 4.35. The second-order valence-electron chi connectivity index (χ2n) is 6.60. The van der Waals surface area contributed by atoms with Gasteiger partial charge in [-0.2, -0.15) is 0 Å². The van der Waals surface area contributed by atoms with Gasteiger partial charge >= 0.3 is 0 Å². The summed E-state index contributed by atoms with van der Waals surface area (Å²) in [6.45, 7) is 2.73. The minimum atomic E-state index is -0.106. The first kappa shape index (κ1) is 19.8. The molecule has 0 aliphatic carbocycles. The molecule has 0 unspecified atom stereocenters. The lowest BCUT2D eigenvalue weighted by Gasteiger charge is -2.10. The van der Waals surface area contributed by atoms with Crippen LogP contribution >= 0.6 is 11.3 Å². The van der Waals surface area contributed by atoms with Gasteiger partial charge in [-0.05, 0) is 30.7 Å². The van der Waals surface area contributed by atoms with E-state index in [1.165, 1.54) is 6.92 Å². The first-order valence-corrected chi connectivity index (χ1v) is 10.5.